The number of nitrogens with zero attached hydrogens (tertiary/aromatic N) is 2. The zero-order chi connectivity index (χ0) is 11.4. The van der Waals surface area contributed by atoms with E-state index in [0.29, 0.717) is 11.9 Å². The molecular weight excluding hydrogens is 222 g/mol. The van der Waals surface area contributed by atoms with E-state index in [-0.39, 0.29) is 0 Å². The zero-order valence-electron chi connectivity index (χ0n) is 9.69. The van der Waals surface area contributed by atoms with Gasteiger partial charge in [0, 0.05) is 25.8 Å². The highest BCUT2D eigenvalue weighted by Gasteiger charge is 2.21. The van der Waals surface area contributed by atoms with Crippen LogP contribution < -0.4 is 10.6 Å². The normalized spacial score (nSPS) is 21.3. The SMILES string of the molecule is CCCOC1CCCN(c2cc(N)ns2)C1. The van der Waals surface area contributed by atoms with Gasteiger partial charge in [0.2, 0.25) is 0 Å². The van der Waals surface area contributed by atoms with Crippen molar-refractivity contribution in [1.82, 2.24) is 4.37 Å². The Morgan fingerprint density at radius 2 is 2.56 bits per heavy atom. The summed E-state index contributed by atoms with van der Waals surface area (Å²) in [5.41, 5.74) is 5.64. The summed E-state index contributed by atoms with van der Waals surface area (Å²) in [5, 5.41) is 1.17. The van der Waals surface area contributed by atoms with Gasteiger partial charge < -0.3 is 15.4 Å². The summed E-state index contributed by atoms with van der Waals surface area (Å²) < 4.78 is 9.92. The molecule has 0 amide bonds. The Morgan fingerprint density at radius 1 is 1.69 bits per heavy atom. The summed E-state index contributed by atoms with van der Waals surface area (Å²) in [6.07, 6.45) is 3.82. The van der Waals surface area contributed by atoms with E-state index in [0.717, 1.165) is 26.1 Å². The summed E-state index contributed by atoms with van der Waals surface area (Å²) in [6.45, 7) is 5.07. The first-order chi connectivity index (χ1) is 7.79. The molecule has 2 heterocycles. The molecule has 1 saturated heterocycles. The maximum Gasteiger partial charge on any atom is 0.139 e. The second-order valence-corrected chi connectivity index (χ2v) is 4.95. The average Bonchev–Trinajstić information content (AvgIpc) is 2.74. The Labute approximate surface area is 101 Å². The molecule has 90 valence electrons. The lowest BCUT2D eigenvalue weighted by atomic mass is 10.1. The molecule has 1 atom stereocenters. The predicted octanol–water partition coefficient (Wildman–Crippen LogP) is 2.12. The van der Waals surface area contributed by atoms with Crippen LogP contribution in [0.5, 0.6) is 0 Å². The lowest BCUT2D eigenvalue weighted by Gasteiger charge is -2.32. The van der Waals surface area contributed by atoms with Crippen molar-refractivity contribution in [2.75, 3.05) is 30.3 Å². The van der Waals surface area contributed by atoms with Gasteiger partial charge in [-0.05, 0) is 30.8 Å². The van der Waals surface area contributed by atoms with Gasteiger partial charge in [-0.2, -0.15) is 4.37 Å². The maximum absolute atomic E-state index is 5.80. The highest BCUT2D eigenvalue weighted by molar-refractivity contribution is 7.10. The van der Waals surface area contributed by atoms with Gasteiger partial charge in [0.05, 0.1) is 6.10 Å². The first-order valence-corrected chi connectivity index (χ1v) is 6.65. The molecule has 1 aliphatic rings. The van der Waals surface area contributed by atoms with Crippen LogP contribution in [0.2, 0.25) is 0 Å². The van der Waals surface area contributed by atoms with Crippen molar-refractivity contribution in [3.63, 3.8) is 0 Å². The first-order valence-electron chi connectivity index (χ1n) is 5.88. The van der Waals surface area contributed by atoms with Gasteiger partial charge >= 0.3 is 0 Å². The van der Waals surface area contributed by atoms with Crippen LogP contribution in [0.1, 0.15) is 26.2 Å². The second-order valence-electron chi connectivity index (χ2n) is 4.17. The number of rotatable bonds is 4. The number of hydrogen-bond acceptors (Lipinski definition) is 5. The fourth-order valence-corrected chi connectivity index (χ4v) is 2.69. The number of hydrogen-bond donors (Lipinski definition) is 1. The summed E-state index contributed by atoms with van der Waals surface area (Å²) in [6, 6.07) is 1.95. The van der Waals surface area contributed by atoms with Gasteiger partial charge in [-0.3, -0.25) is 0 Å². The van der Waals surface area contributed by atoms with Crippen LogP contribution in [0.25, 0.3) is 0 Å². The van der Waals surface area contributed by atoms with Crippen molar-refractivity contribution >= 4 is 22.4 Å². The van der Waals surface area contributed by atoms with Crippen molar-refractivity contribution in [3.05, 3.63) is 6.07 Å². The molecule has 0 bridgehead atoms. The summed E-state index contributed by atoms with van der Waals surface area (Å²) >= 11 is 1.48. The average molecular weight is 241 g/mol. The van der Waals surface area contributed by atoms with Gasteiger partial charge in [0.25, 0.3) is 0 Å². The van der Waals surface area contributed by atoms with E-state index in [2.05, 4.69) is 16.2 Å². The van der Waals surface area contributed by atoms with Crippen molar-refractivity contribution in [1.29, 1.82) is 0 Å². The Bertz CT molecular complexity index is 329. The van der Waals surface area contributed by atoms with E-state index in [4.69, 9.17) is 10.5 Å². The van der Waals surface area contributed by atoms with E-state index in [1.54, 1.807) is 0 Å². The Balaban J connectivity index is 1.91. The Kier molecular flexibility index (Phi) is 4.01. The number of piperidine rings is 1. The van der Waals surface area contributed by atoms with Crippen molar-refractivity contribution in [2.24, 2.45) is 0 Å². The number of aromatic nitrogens is 1. The maximum atomic E-state index is 5.80. The third kappa shape index (κ3) is 2.86. The number of nitrogen functional groups attached to an aromatic ring is 1. The van der Waals surface area contributed by atoms with E-state index in [1.165, 1.54) is 29.4 Å². The summed E-state index contributed by atoms with van der Waals surface area (Å²) in [5.74, 6) is 0.622. The first kappa shape index (κ1) is 11.7. The molecule has 0 aliphatic carbocycles. The Morgan fingerprint density at radius 3 is 3.25 bits per heavy atom. The second kappa shape index (κ2) is 5.50. The smallest absolute Gasteiger partial charge is 0.139 e. The van der Waals surface area contributed by atoms with E-state index in [9.17, 15) is 0 Å². The van der Waals surface area contributed by atoms with Crippen LogP contribution in [0.15, 0.2) is 6.07 Å². The molecule has 5 heteroatoms. The third-order valence-electron chi connectivity index (χ3n) is 2.76. The standard InChI is InChI=1S/C11H19N3OS/c1-2-6-15-9-4-3-5-14(8-9)11-7-10(12)13-16-11/h7,9H,2-6,8H2,1H3,(H2,12,13). The highest BCUT2D eigenvalue weighted by Crippen LogP contribution is 2.26. The molecule has 0 spiro atoms. The van der Waals surface area contributed by atoms with Crippen LogP contribution in [-0.4, -0.2) is 30.2 Å². The third-order valence-corrected chi connectivity index (χ3v) is 3.63. The minimum absolute atomic E-state index is 0.372. The van der Waals surface area contributed by atoms with Crippen LogP contribution in [-0.2, 0) is 4.74 Å². The van der Waals surface area contributed by atoms with Gasteiger partial charge in [0.15, 0.2) is 0 Å². The molecule has 0 aromatic carbocycles. The molecule has 1 fully saturated rings. The van der Waals surface area contributed by atoms with Crippen molar-refractivity contribution in [3.8, 4) is 0 Å². The largest absolute Gasteiger partial charge is 0.383 e. The van der Waals surface area contributed by atoms with Crippen LogP contribution in [0.3, 0.4) is 0 Å². The molecule has 4 nitrogen and oxygen atoms in total. The van der Waals surface area contributed by atoms with Gasteiger partial charge in [-0.15, -0.1) is 0 Å². The van der Waals surface area contributed by atoms with Gasteiger partial charge in [-0.1, -0.05) is 6.92 Å². The molecule has 0 saturated carbocycles. The molecule has 2 rings (SSSR count). The fraction of sp³-hybridized carbons (Fsp3) is 0.727. The summed E-state index contributed by atoms with van der Waals surface area (Å²) in [4.78, 5) is 2.33. The molecule has 1 aromatic heterocycles. The molecule has 0 radical (unpaired) electrons. The lowest BCUT2D eigenvalue weighted by molar-refractivity contribution is 0.0442. The zero-order valence-corrected chi connectivity index (χ0v) is 10.5. The van der Waals surface area contributed by atoms with E-state index < -0.39 is 0 Å². The molecule has 1 aliphatic heterocycles. The van der Waals surface area contributed by atoms with E-state index in [1.807, 2.05) is 6.07 Å². The minimum atomic E-state index is 0.372. The molecule has 16 heavy (non-hydrogen) atoms. The number of anilines is 2. The molecule has 2 N–H and O–H groups in total. The van der Waals surface area contributed by atoms with Gasteiger partial charge in [-0.25, -0.2) is 0 Å². The van der Waals surface area contributed by atoms with E-state index >= 15 is 0 Å². The fourth-order valence-electron chi connectivity index (χ4n) is 1.99. The van der Waals surface area contributed by atoms with Crippen LogP contribution >= 0.6 is 11.5 Å². The van der Waals surface area contributed by atoms with Crippen LogP contribution in [0, 0.1) is 0 Å². The molecule has 1 aromatic rings. The lowest BCUT2D eigenvalue weighted by Crippen LogP contribution is -2.39. The summed E-state index contributed by atoms with van der Waals surface area (Å²) in [7, 11) is 0. The predicted molar refractivity (Wildman–Crippen MR) is 68.0 cm³/mol. The van der Waals surface area contributed by atoms with Gasteiger partial charge in [0.1, 0.15) is 10.8 Å². The van der Waals surface area contributed by atoms with Crippen LogP contribution in [0.4, 0.5) is 10.8 Å². The van der Waals surface area contributed by atoms with Crippen molar-refractivity contribution < 1.29 is 4.74 Å². The van der Waals surface area contributed by atoms with Crippen molar-refractivity contribution in [2.45, 2.75) is 32.3 Å². The monoisotopic (exact) mass is 241 g/mol. The molecule has 1 unspecified atom stereocenters. The number of ether oxygens (including phenoxy) is 1. The quantitative estimate of drug-likeness (QED) is 0.877. The minimum Gasteiger partial charge on any atom is -0.383 e. The highest BCUT2D eigenvalue weighted by atomic mass is 32.1. The Hall–Kier alpha value is -0.810. The number of nitrogens with two attached hydrogens (primary N) is 1. The topological polar surface area (TPSA) is 51.4 Å². The molecular formula is C11H19N3OS.